The van der Waals surface area contributed by atoms with Gasteiger partial charge in [-0.15, -0.1) is 0 Å². The predicted octanol–water partition coefficient (Wildman–Crippen LogP) is 5.46. The highest BCUT2D eigenvalue weighted by molar-refractivity contribution is 5.93. The van der Waals surface area contributed by atoms with Gasteiger partial charge < -0.3 is 25.3 Å². The van der Waals surface area contributed by atoms with E-state index in [1.807, 2.05) is 36.4 Å². The van der Waals surface area contributed by atoms with Crippen LogP contribution < -0.4 is 16.0 Å². The smallest absolute Gasteiger partial charge is 0.243 e. The summed E-state index contributed by atoms with van der Waals surface area (Å²) in [6, 6.07) is 16.7. The summed E-state index contributed by atoms with van der Waals surface area (Å²) in [6.07, 6.45) is 5.77. The van der Waals surface area contributed by atoms with Crippen LogP contribution in [0.5, 0.6) is 0 Å². The van der Waals surface area contributed by atoms with Gasteiger partial charge in [-0.3, -0.25) is 14.4 Å². The van der Waals surface area contributed by atoms with Crippen molar-refractivity contribution in [3.63, 3.8) is 0 Å². The number of nitrogens with zero attached hydrogens (tertiary/aromatic N) is 1. The van der Waals surface area contributed by atoms with Crippen LogP contribution in [0.15, 0.2) is 65.3 Å². The number of fused-ring (bicyclic) bond motifs is 1. The van der Waals surface area contributed by atoms with E-state index in [-0.39, 0.29) is 23.6 Å². The highest BCUT2D eigenvalue weighted by atomic mass is 16.3. The molecule has 4 rings (SSSR count). The van der Waals surface area contributed by atoms with E-state index in [9.17, 15) is 14.4 Å². The molecule has 238 valence electrons. The Balaban J connectivity index is 1.42. The summed E-state index contributed by atoms with van der Waals surface area (Å²) in [5.41, 5.74) is 0.970. The zero-order valence-electron chi connectivity index (χ0n) is 26.8. The van der Waals surface area contributed by atoms with E-state index in [4.69, 9.17) is 4.42 Å². The van der Waals surface area contributed by atoms with Crippen molar-refractivity contribution in [1.82, 2.24) is 20.9 Å². The van der Waals surface area contributed by atoms with E-state index in [1.54, 1.807) is 11.2 Å². The molecule has 8 nitrogen and oxygen atoms in total. The second kappa shape index (κ2) is 16.4. The fourth-order valence-electron chi connectivity index (χ4n) is 6.23. The molecule has 1 aliphatic heterocycles. The van der Waals surface area contributed by atoms with Gasteiger partial charge in [0.15, 0.2) is 0 Å². The third-order valence-electron chi connectivity index (χ3n) is 8.30. The summed E-state index contributed by atoms with van der Waals surface area (Å²) in [7, 11) is 0. The summed E-state index contributed by atoms with van der Waals surface area (Å²) in [4.78, 5) is 42.8. The third-order valence-corrected chi connectivity index (χ3v) is 8.30. The van der Waals surface area contributed by atoms with Crippen molar-refractivity contribution in [3.8, 4) is 0 Å². The Morgan fingerprint density at radius 2 is 1.68 bits per heavy atom. The molecule has 1 fully saturated rings. The van der Waals surface area contributed by atoms with Crippen LogP contribution in [0, 0.1) is 17.8 Å². The summed E-state index contributed by atoms with van der Waals surface area (Å²) < 4.78 is 5.34. The zero-order chi connectivity index (χ0) is 31.5. The number of likely N-dealkylation sites (tertiary alicyclic amines) is 1. The Morgan fingerprint density at radius 3 is 2.39 bits per heavy atom. The maximum atomic E-state index is 13.8. The number of hydrogen-bond acceptors (Lipinski definition) is 5. The molecular formula is C36H50N4O4. The molecule has 8 heteroatoms. The molecule has 2 atom stereocenters. The molecule has 3 amide bonds. The Bertz CT molecular complexity index is 1340. The van der Waals surface area contributed by atoms with Gasteiger partial charge in [-0.1, -0.05) is 70.2 Å². The van der Waals surface area contributed by atoms with E-state index < -0.39 is 12.1 Å². The quantitative estimate of drug-likeness (QED) is 0.189. The minimum absolute atomic E-state index is 0.0719. The van der Waals surface area contributed by atoms with Gasteiger partial charge in [0.05, 0.1) is 12.8 Å². The molecule has 1 aromatic heterocycles. The molecule has 1 unspecified atom stereocenters. The van der Waals surface area contributed by atoms with Gasteiger partial charge in [-0.2, -0.15) is 0 Å². The first-order chi connectivity index (χ1) is 21.2. The SMILES string of the molecule is CC(C)CC(CC(C)C)C(=O)N1CCCC1C(=O)N[C@H](Cc1ccc2ccccc2c1)C(=O)NCCCNCc1ccco1. The molecule has 2 heterocycles. The van der Waals surface area contributed by atoms with E-state index >= 15 is 0 Å². The normalized spacial score (nSPS) is 15.8. The Morgan fingerprint density at radius 1 is 0.932 bits per heavy atom. The van der Waals surface area contributed by atoms with Gasteiger partial charge in [-0.05, 0) is 79.0 Å². The van der Waals surface area contributed by atoms with E-state index in [2.05, 4.69) is 61.8 Å². The van der Waals surface area contributed by atoms with Crippen molar-refractivity contribution >= 4 is 28.5 Å². The van der Waals surface area contributed by atoms with E-state index in [0.29, 0.717) is 44.3 Å². The molecule has 0 spiro atoms. The maximum Gasteiger partial charge on any atom is 0.243 e. The van der Waals surface area contributed by atoms with Gasteiger partial charge >= 0.3 is 0 Å². The lowest BCUT2D eigenvalue weighted by molar-refractivity contribution is -0.143. The second-order valence-electron chi connectivity index (χ2n) is 13.0. The number of amides is 3. The lowest BCUT2D eigenvalue weighted by atomic mass is 9.88. The highest BCUT2D eigenvalue weighted by Crippen LogP contribution is 2.27. The van der Waals surface area contributed by atoms with E-state index in [1.165, 1.54) is 0 Å². The predicted molar refractivity (Wildman–Crippen MR) is 175 cm³/mol. The third kappa shape index (κ3) is 9.68. The van der Waals surface area contributed by atoms with Gasteiger partial charge in [0.1, 0.15) is 17.8 Å². The molecule has 3 N–H and O–H groups in total. The van der Waals surface area contributed by atoms with Crippen LogP contribution in [0.1, 0.15) is 71.1 Å². The van der Waals surface area contributed by atoms with Crippen LogP contribution in [-0.4, -0.2) is 54.3 Å². The Kier molecular flexibility index (Phi) is 12.4. The van der Waals surface area contributed by atoms with Crippen LogP contribution in [0.2, 0.25) is 0 Å². The number of furan rings is 1. The van der Waals surface area contributed by atoms with Crippen molar-refractivity contribution in [2.45, 2.75) is 84.8 Å². The zero-order valence-corrected chi connectivity index (χ0v) is 26.8. The number of benzene rings is 2. The largest absolute Gasteiger partial charge is 0.468 e. The summed E-state index contributed by atoms with van der Waals surface area (Å²) in [5.74, 6) is 1.17. The molecule has 2 aromatic carbocycles. The van der Waals surface area contributed by atoms with Crippen LogP contribution in [-0.2, 0) is 27.3 Å². The minimum Gasteiger partial charge on any atom is -0.468 e. The van der Waals surface area contributed by atoms with Crippen molar-refractivity contribution in [2.24, 2.45) is 17.8 Å². The Labute approximate surface area is 262 Å². The van der Waals surface area contributed by atoms with Crippen molar-refractivity contribution in [3.05, 3.63) is 72.2 Å². The number of nitrogens with one attached hydrogen (secondary N) is 3. The molecule has 0 saturated carbocycles. The van der Waals surface area contributed by atoms with Crippen molar-refractivity contribution < 1.29 is 18.8 Å². The molecule has 44 heavy (non-hydrogen) atoms. The van der Waals surface area contributed by atoms with Crippen LogP contribution in [0.3, 0.4) is 0 Å². The molecule has 0 aliphatic carbocycles. The number of carbonyl (C=O) groups is 3. The lowest BCUT2D eigenvalue weighted by Gasteiger charge is -2.31. The van der Waals surface area contributed by atoms with Gasteiger partial charge in [-0.25, -0.2) is 0 Å². The van der Waals surface area contributed by atoms with Gasteiger partial charge in [0.2, 0.25) is 17.7 Å². The molecule has 0 radical (unpaired) electrons. The van der Waals surface area contributed by atoms with Crippen molar-refractivity contribution in [2.75, 3.05) is 19.6 Å². The number of rotatable bonds is 16. The summed E-state index contributed by atoms with van der Waals surface area (Å²) in [6.45, 7) is 11.0. The first kappa shape index (κ1) is 33.2. The monoisotopic (exact) mass is 602 g/mol. The molecule has 0 bridgehead atoms. The molecule has 1 aliphatic rings. The topological polar surface area (TPSA) is 104 Å². The van der Waals surface area contributed by atoms with Gasteiger partial charge in [0.25, 0.3) is 0 Å². The molecule has 3 aromatic rings. The fraction of sp³-hybridized carbons (Fsp3) is 0.528. The molecular weight excluding hydrogens is 552 g/mol. The second-order valence-corrected chi connectivity index (χ2v) is 13.0. The average Bonchev–Trinajstić information content (AvgIpc) is 3.70. The first-order valence-electron chi connectivity index (χ1n) is 16.3. The standard InChI is InChI=1S/C36H50N4O4/c1-25(2)20-30(21-26(3)4)36(43)40-18-7-13-33(40)35(42)39-32(23-27-14-15-28-10-5-6-11-29(28)22-27)34(41)38-17-9-16-37-24-31-12-8-19-44-31/h5-6,8,10-12,14-15,19,22,25-26,30,32-33,37H,7,9,13,16-18,20-21,23-24H2,1-4H3,(H,38,41)(H,39,42)/t32-,33?/m1/s1. The lowest BCUT2D eigenvalue weighted by Crippen LogP contribution is -2.54. The van der Waals surface area contributed by atoms with Gasteiger partial charge in [0, 0.05) is 25.4 Å². The number of carbonyl (C=O) groups excluding carboxylic acids is 3. The maximum absolute atomic E-state index is 13.8. The highest BCUT2D eigenvalue weighted by Gasteiger charge is 2.38. The van der Waals surface area contributed by atoms with Crippen LogP contribution in [0.25, 0.3) is 10.8 Å². The fourth-order valence-corrected chi connectivity index (χ4v) is 6.23. The number of hydrogen-bond donors (Lipinski definition) is 3. The first-order valence-corrected chi connectivity index (χ1v) is 16.3. The summed E-state index contributed by atoms with van der Waals surface area (Å²) in [5, 5.41) is 11.6. The average molecular weight is 603 g/mol. The van der Waals surface area contributed by atoms with Crippen molar-refractivity contribution in [1.29, 1.82) is 0 Å². The van der Waals surface area contributed by atoms with E-state index in [0.717, 1.165) is 54.3 Å². The molecule has 1 saturated heterocycles. The summed E-state index contributed by atoms with van der Waals surface area (Å²) >= 11 is 0. The van der Waals surface area contributed by atoms with Crippen LogP contribution >= 0.6 is 0 Å². The van der Waals surface area contributed by atoms with Crippen LogP contribution in [0.4, 0.5) is 0 Å². The Hall–Kier alpha value is -3.65. The minimum atomic E-state index is -0.751.